The van der Waals surface area contributed by atoms with Gasteiger partial charge in [0, 0.05) is 0 Å². The molecule has 0 radical (unpaired) electrons. The van der Waals surface area contributed by atoms with E-state index in [1.807, 2.05) is 0 Å². The molecule has 3 heteroatoms. The average Bonchev–Trinajstić information content (AvgIpc) is 3.18. The topological polar surface area (TPSA) is 28.0 Å². The summed E-state index contributed by atoms with van der Waals surface area (Å²) in [4.78, 5) is 0. The Kier molecular flexibility index (Phi) is 2.18. The van der Waals surface area contributed by atoms with Crippen LogP contribution in [0.5, 0.6) is 0 Å². The van der Waals surface area contributed by atoms with Gasteiger partial charge in [-0.05, 0) is 42.1 Å². The molecule has 0 saturated heterocycles. The molecule has 2 fully saturated rings. The third-order valence-corrected chi connectivity index (χ3v) is 5.91. The summed E-state index contributed by atoms with van der Waals surface area (Å²) in [5, 5.41) is 11.4. The second-order valence-electron chi connectivity index (χ2n) is 6.74. The van der Waals surface area contributed by atoms with E-state index in [9.17, 15) is 0 Å². The van der Waals surface area contributed by atoms with E-state index in [1.165, 1.54) is 18.4 Å². The van der Waals surface area contributed by atoms with Crippen LogP contribution in [0.2, 0.25) is 0 Å². The van der Waals surface area contributed by atoms with Gasteiger partial charge in [-0.15, -0.1) is 0 Å². The third-order valence-electron chi connectivity index (χ3n) is 5.91. The van der Waals surface area contributed by atoms with Gasteiger partial charge in [-0.2, -0.15) is 5.11 Å². The molecule has 0 aromatic heterocycles. The minimum absolute atomic E-state index is 0.477. The van der Waals surface area contributed by atoms with E-state index in [2.05, 4.69) is 57.8 Å². The first-order chi connectivity index (χ1) is 9.92. The quantitative estimate of drug-likeness (QED) is 0.753. The molecule has 0 amide bonds. The minimum atomic E-state index is 0.477. The molecule has 4 aliphatic rings. The van der Waals surface area contributed by atoms with E-state index in [0.717, 1.165) is 30.2 Å². The van der Waals surface area contributed by atoms with Crippen molar-refractivity contribution < 1.29 is 0 Å². The third kappa shape index (κ3) is 1.36. The van der Waals surface area contributed by atoms with E-state index in [1.54, 1.807) is 0 Å². The fraction of sp³-hybridized carbons (Fsp3) is 0.529. The van der Waals surface area contributed by atoms with Crippen LogP contribution in [0.3, 0.4) is 0 Å². The fourth-order valence-electron chi connectivity index (χ4n) is 5.17. The summed E-state index contributed by atoms with van der Waals surface area (Å²) in [5.41, 5.74) is 1.34. The number of rotatable bonds is 2. The van der Waals surface area contributed by atoms with Gasteiger partial charge in [0.2, 0.25) is 0 Å². The van der Waals surface area contributed by atoms with Crippen molar-refractivity contribution in [2.45, 2.75) is 31.5 Å². The molecule has 5 rings (SSSR count). The van der Waals surface area contributed by atoms with Crippen molar-refractivity contribution in [3.63, 3.8) is 0 Å². The van der Waals surface area contributed by atoms with Crippen molar-refractivity contribution in [1.29, 1.82) is 0 Å². The van der Waals surface area contributed by atoms with Crippen LogP contribution in [0, 0.1) is 23.7 Å². The summed E-state index contributed by atoms with van der Waals surface area (Å²) < 4.78 is 0. The lowest BCUT2D eigenvalue weighted by molar-refractivity contribution is 0.119. The Morgan fingerprint density at radius 1 is 1.10 bits per heavy atom. The fourth-order valence-corrected chi connectivity index (χ4v) is 5.17. The van der Waals surface area contributed by atoms with Gasteiger partial charge >= 0.3 is 0 Å². The zero-order chi connectivity index (χ0) is 13.1. The van der Waals surface area contributed by atoms with Gasteiger partial charge in [0.15, 0.2) is 0 Å². The predicted molar refractivity (Wildman–Crippen MR) is 76.8 cm³/mol. The SMILES string of the molecule is C1=C[C@H]2[C@H](C1)[C@H]1C[C@@H]2[C@H]2[C@H]1N=NN2Cc1ccccc1. The van der Waals surface area contributed by atoms with Crippen molar-refractivity contribution >= 4 is 0 Å². The Hall–Kier alpha value is -1.64. The monoisotopic (exact) mass is 265 g/mol. The van der Waals surface area contributed by atoms with Crippen LogP contribution >= 0.6 is 0 Å². The molecule has 0 spiro atoms. The van der Waals surface area contributed by atoms with Crippen LogP contribution in [0.1, 0.15) is 18.4 Å². The number of hydrogen-bond acceptors (Lipinski definition) is 3. The molecule has 2 saturated carbocycles. The highest BCUT2D eigenvalue weighted by molar-refractivity contribution is 5.22. The number of fused-ring (bicyclic) bond motifs is 8. The molecule has 6 atom stereocenters. The van der Waals surface area contributed by atoms with Crippen molar-refractivity contribution in [2.75, 3.05) is 0 Å². The van der Waals surface area contributed by atoms with Gasteiger partial charge in [-0.3, -0.25) is 5.01 Å². The van der Waals surface area contributed by atoms with Gasteiger partial charge in [0.1, 0.15) is 0 Å². The summed E-state index contributed by atoms with van der Waals surface area (Å²) in [5.74, 6) is 3.25. The molecule has 3 nitrogen and oxygen atoms in total. The van der Waals surface area contributed by atoms with Crippen molar-refractivity contribution in [3.05, 3.63) is 48.0 Å². The van der Waals surface area contributed by atoms with E-state index >= 15 is 0 Å². The van der Waals surface area contributed by atoms with E-state index in [4.69, 9.17) is 0 Å². The van der Waals surface area contributed by atoms with Crippen LogP contribution < -0.4 is 0 Å². The Morgan fingerprint density at radius 2 is 2.00 bits per heavy atom. The number of hydrogen-bond donors (Lipinski definition) is 0. The Balaban J connectivity index is 1.42. The second kappa shape index (κ2) is 3.94. The maximum Gasteiger partial charge on any atom is 0.0983 e. The van der Waals surface area contributed by atoms with Crippen LogP contribution in [-0.2, 0) is 6.54 Å². The molecule has 1 aromatic rings. The zero-order valence-electron chi connectivity index (χ0n) is 11.5. The Morgan fingerprint density at radius 3 is 2.90 bits per heavy atom. The Labute approximate surface area is 119 Å². The summed E-state index contributed by atoms with van der Waals surface area (Å²) in [6, 6.07) is 11.7. The molecular weight excluding hydrogens is 246 g/mol. The van der Waals surface area contributed by atoms with Crippen molar-refractivity contribution in [1.82, 2.24) is 5.01 Å². The maximum absolute atomic E-state index is 4.64. The molecule has 2 bridgehead atoms. The largest absolute Gasteiger partial charge is 0.269 e. The molecule has 20 heavy (non-hydrogen) atoms. The van der Waals surface area contributed by atoms with Crippen molar-refractivity contribution in [2.24, 2.45) is 34.0 Å². The second-order valence-corrected chi connectivity index (χ2v) is 6.74. The molecule has 3 aliphatic carbocycles. The molecule has 1 aliphatic heterocycles. The molecular formula is C17H19N3. The molecule has 0 N–H and O–H groups in total. The Bertz CT molecular complexity index is 579. The smallest absolute Gasteiger partial charge is 0.0983 e. The maximum atomic E-state index is 4.64. The lowest BCUT2D eigenvalue weighted by atomic mass is 9.76. The summed E-state index contributed by atoms with van der Waals surface area (Å²) in [6.07, 6.45) is 7.53. The molecule has 0 unspecified atom stereocenters. The van der Waals surface area contributed by atoms with Crippen molar-refractivity contribution in [3.8, 4) is 0 Å². The van der Waals surface area contributed by atoms with Crippen LogP contribution in [0.25, 0.3) is 0 Å². The molecule has 1 heterocycles. The van der Waals surface area contributed by atoms with Gasteiger partial charge < -0.3 is 0 Å². The lowest BCUT2D eigenvalue weighted by Gasteiger charge is -2.35. The first-order valence-corrected chi connectivity index (χ1v) is 7.80. The molecule has 1 aromatic carbocycles. The number of allylic oxidation sites excluding steroid dienone is 2. The van der Waals surface area contributed by atoms with Gasteiger partial charge in [-0.1, -0.05) is 47.7 Å². The van der Waals surface area contributed by atoms with E-state index in [0.29, 0.717) is 12.1 Å². The summed E-state index contributed by atoms with van der Waals surface area (Å²) in [7, 11) is 0. The summed E-state index contributed by atoms with van der Waals surface area (Å²) in [6.45, 7) is 0.913. The highest BCUT2D eigenvalue weighted by atomic mass is 15.6. The summed E-state index contributed by atoms with van der Waals surface area (Å²) >= 11 is 0. The number of benzene rings is 1. The highest BCUT2D eigenvalue weighted by Gasteiger charge is 2.61. The predicted octanol–water partition coefficient (Wildman–Crippen LogP) is 3.45. The van der Waals surface area contributed by atoms with E-state index in [-0.39, 0.29) is 0 Å². The van der Waals surface area contributed by atoms with Crippen LogP contribution in [0.4, 0.5) is 0 Å². The van der Waals surface area contributed by atoms with Crippen LogP contribution in [-0.4, -0.2) is 17.1 Å². The minimum Gasteiger partial charge on any atom is -0.269 e. The highest BCUT2D eigenvalue weighted by Crippen LogP contribution is 2.60. The van der Waals surface area contributed by atoms with E-state index < -0.39 is 0 Å². The first kappa shape index (κ1) is 11.1. The van der Waals surface area contributed by atoms with Gasteiger partial charge in [-0.25, -0.2) is 0 Å². The first-order valence-electron chi connectivity index (χ1n) is 7.80. The molecule has 102 valence electrons. The standard InChI is InChI=1S/C17H19N3/c1-2-5-11(6-3-1)10-20-17-15-9-14(16(17)18-19-20)12-7-4-8-13(12)15/h1-6,8,12-17H,7,9-10H2/t12-,13-,14+,15-,16-,17-/m0/s1. The normalized spacial score (nSPS) is 43.3. The van der Waals surface area contributed by atoms with Gasteiger partial charge in [0.25, 0.3) is 0 Å². The van der Waals surface area contributed by atoms with Gasteiger partial charge in [0.05, 0.1) is 18.6 Å². The van der Waals surface area contributed by atoms with Crippen LogP contribution in [0.15, 0.2) is 52.8 Å². The lowest BCUT2D eigenvalue weighted by Crippen LogP contribution is -2.44. The zero-order valence-corrected chi connectivity index (χ0v) is 11.5. The number of nitrogens with zero attached hydrogens (tertiary/aromatic N) is 3. The average molecular weight is 265 g/mol.